The van der Waals surface area contributed by atoms with Gasteiger partial charge in [-0.1, -0.05) is 60.5 Å². The van der Waals surface area contributed by atoms with Gasteiger partial charge in [0, 0.05) is 31.8 Å². The van der Waals surface area contributed by atoms with Crippen LogP contribution >= 0.6 is 0 Å². The van der Waals surface area contributed by atoms with Gasteiger partial charge in [-0.05, 0) is 70.8 Å². The molecule has 9 nitrogen and oxygen atoms in total. The van der Waals surface area contributed by atoms with Crippen LogP contribution in [0.2, 0.25) is 0 Å². The van der Waals surface area contributed by atoms with Gasteiger partial charge in [0.05, 0.1) is 12.1 Å². The average molecular weight is 590 g/mol. The fraction of sp³-hybridized carbons (Fsp3) is 0.818. The smallest absolute Gasteiger partial charge is 0.249 e. The van der Waals surface area contributed by atoms with Crippen molar-refractivity contribution in [3.8, 4) is 0 Å². The van der Waals surface area contributed by atoms with Gasteiger partial charge in [0.2, 0.25) is 23.6 Å². The number of hydrogen-bond acceptors (Lipinski definition) is 5. The molecule has 2 aliphatic heterocycles. The lowest BCUT2D eigenvalue weighted by molar-refractivity contribution is -0.142. The van der Waals surface area contributed by atoms with Crippen LogP contribution in [0.5, 0.6) is 0 Å². The van der Waals surface area contributed by atoms with Gasteiger partial charge in [-0.2, -0.15) is 0 Å². The second-order valence-electron chi connectivity index (χ2n) is 14.0. The van der Waals surface area contributed by atoms with Crippen LogP contribution in [0, 0.1) is 11.3 Å². The first-order valence-electron chi connectivity index (χ1n) is 16.2. The Balaban J connectivity index is 2.23. The first-order valence-corrected chi connectivity index (χ1v) is 16.2. The minimum absolute atomic E-state index is 0.0273. The highest BCUT2D eigenvalue weighted by Gasteiger charge is 2.40. The van der Waals surface area contributed by atoms with Gasteiger partial charge >= 0.3 is 0 Å². The molecule has 0 radical (unpaired) electrons. The third kappa shape index (κ3) is 9.29. The van der Waals surface area contributed by atoms with E-state index in [1.807, 2.05) is 40.7 Å². The van der Waals surface area contributed by atoms with E-state index in [4.69, 9.17) is 0 Å². The highest BCUT2D eigenvalue weighted by atomic mass is 16.2. The van der Waals surface area contributed by atoms with Gasteiger partial charge in [0.25, 0.3) is 0 Å². The molecule has 1 unspecified atom stereocenters. The number of carbonyl (C=O) groups is 4. The molecular weight excluding hydrogens is 530 g/mol. The van der Waals surface area contributed by atoms with Gasteiger partial charge in [-0.25, -0.2) is 0 Å². The molecule has 2 heterocycles. The summed E-state index contributed by atoms with van der Waals surface area (Å²) in [6.07, 6.45) is 8.08. The number of piperidine rings is 1. The van der Waals surface area contributed by atoms with E-state index in [9.17, 15) is 19.2 Å². The Hall–Kier alpha value is -2.42. The Labute approximate surface area is 255 Å². The summed E-state index contributed by atoms with van der Waals surface area (Å²) >= 11 is 0. The zero-order chi connectivity index (χ0) is 31.8. The maximum atomic E-state index is 14.1. The number of likely N-dealkylation sites (N-methyl/N-ethyl adjacent to an activating group) is 1. The molecule has 0 spiro atoms. The van der Waals surface area contributed by atoms with Crippen LogP contribution in [-0.2, 0) is 19.2 Å². The highest BCUT2D eigenvalue weighted by molar-refractivity contribution is 5.97. The Morgan fingerprint density at radius 3 is 2.17 bits per heavy atom. The van der Waals surface area contributed by atoms with Crippen molar-refractivity contribution in [2.24, 2.45) is 11.3 Å². The lowest BCUT2D eigenvalue weighted by Crippen LogP contribution is -2.60. The number of nitrogens with one attached hydrogen (secondary N) is 2. The number of hydrogen-bond donors (Lipinski definition) is 2. The maximum Gasteiger partial charge on any atom is 0.249 e. The fourth-order valence-corrected chi connectivity index (χ4v) is 6.19. The molecule has 4 atom stereocenters. The lowest BCUT2D eigenvalue weighted by Gasteiger charge is -2.41. The Morgan fingerprint density at radius 1 is 0.952 bits per heavy atom. The van der Waals surface area contributed by atoms with E-state index < -0.39 is 17.5 Å². The summed E-state index contributed by atoms with van der Waals surface area (Å²) in [4.78, 5) is 59.6. The lowest BCUT2D eigenvalue weighted by atomic mass is 9.84. The zero-order valence-electron chi connectivity index (χ0n) is 28.1. The molecule has 4 amide bonds. The highest BCUT2D eigenvalue weighted by Crippen LogP contribution is 2.26. The number of nitrogens with zero attached hydrogens (tertiary/aromatic N) is 3. The Kier molecular flexibility index (Phi) is 13.5. The Bertz CT molecular complexity index is 970. The molecule has 0 saturated carbocycles. The first-order chi connectivity index (χ1) is 19.6. The van der Waals surface area contributed by atoms with Gasteiger partial charge in [0.15, 0.2) is 0 Å². The molecular formula is C33H59N5O4. The van der Waals surface area contributed by atoms with E-state index in [-0.39, 0.29) is 47.7 Å². The van der Waals surface area contributed by atoms with Gasteiger partial charge < -0.3 is 20.4 Å². The van der Waals surface area contributed by atoms with Crippen LogP contribution in [-0.4, -0.2) is 95.2 Å². The summed E-state index contributed by atoms with van der Waals surface area (Å²) < 4.78 is 0. The molecule has 2 fully saturated rings. The van der Waals surface area contributed by atoms with E-state index in [0.717, 1.165) is 45.1 Å². The average Bonchev–Trinajstić information content (AvgIpc) is 3.42. The largest absolute Gasteiger partial charge is 0.354 e. The van der Waals surface area contributed by atoms with Gasteiger partial charge in [0.1, 0.15) is 12.1 Å². The molecule has 2 aliphatic rings. The van der Waals surface area contributed by atoms with Crippen LogP contribution in [0.4, 0.5) is 0 Å². The third-order valence-electron chi connectivity index (χ3n) is 8.79. The monoisotopic (exact) mass is 589 g/mol. The van der Waals surface area contributed by atoms with E-state index in [0.29, 0.717) is 25.1 Å². The van der Waals surface area contributed by atoms with Crippen LogP contribution in [0.15, 0.2) is 11.6 Å². The van der Waals surface area contributed by atoms with Crippen LogP contribution in [0.1, 0.15) is 107 Å². The summed E-state index contributed by atoms with van der Waals surface area (Å²) in [6.45, 7) is 20.1. The van der Waals surface area contributed by atoms with Crippen molar-refractivity contribution in [3.05, 3.63) is 11.6 Å². The number of unbranched alkanes of at least 4 members (excludes halogenated alkanes) is 1. The molecule has 9 heteroatoms. The predicted molar refractivity (Wildman–Crippen MR) is 169 cm³/mol. The van der Waals surface area contributed by atoms with Crippen molar-refractivity contribution >= 4 is 23.6 Å². The second-order valence-corrected chi connectivity index (χ2v) is 14.0. The summed E-state index contributed by atoms with van der Waals surface area (Å²) in [5.74, 6) is -0.494. The summed E-state index contributed by atoms with van der Waals surface area (Å²) in [7, 11) is 1.76. The van der Waals surface area contributed by atoms with Crippen LogP contribution in [0.3, 0.4) is 0 Å². The molecule has 0 aromatic heterocycles. The quantitative estimate of drug-likeness (QED) is 0.264. The summed E-state index contributed by atoms with van der Waals surface area (Å²) in [5.41, 5.74) is 0.00949. The zero-order valence-corrected chi connectivity index (χ0v) is 28.1. The number of amides is 4. The maximum absolute atomic E-state index is 14.1. The van der Waals surface area contributed by atoms with Crippen molar-refractivity contribution in [3.63, 3.8) is 0 Å². The number of likely N-dealkylation sites (tertiary alicyclic amines) is 2. The molecule has 2 saturated heterocycles. The van der Waals surface area contributed by atoms with Gasteiger partial charge in [-0.15, -0.1) is 0 Å². The van der Waals surface area contributed by atoms with Crippen molar-refractivity contribution in [2.75, 3.05) is 26.7 Å². The molecule has 2 N–H and O–H groups in total. The van der Waals surface area contributed by atoms with Crippen LogP contribution in [0.25, 0.3) is 0 Å². The topological polar surface area (TPSA) is 102 Å². The normalized spacial score (nSPS) is 21.8. The summed E-state index contributed by atoms with van der Waals surface area (Å²) in [5, 5.41) is 6.11. The molecule has 0 bridgehead atoms. The SMILES string of the molecule is CCCCNC(=O)[C@@H]1CCCN1C(=O)/C(C)=C/C(C(C)C)N(C)C(=O)[C@@H](NC(=O)[C@H]1CCCCN1C(C)C)C(C)(C)C. The standard InChI is InChI=1S/C33H59N5O4/c1-11-12-18-34-29(39)25-17-15-20-38(25)31(41)24(6)21-27(22(2)3)36(10)32(42)28(33(7,8)9)35-30(40)26-16-13-14-19-37(26)23(4)5/h21-23,25-28H,11-20H2,1-10H3,(H,34,39)(H,35,40)/b24-21+/t25-,26+,27?,28+/m0/s1. The molecule has 42 heavy (non-hydrogen) atoms. The number of rotatable bonds is 12. The Morgan fingerprint density at radius 2 is 1.60 bits per heavy atom. The fourth-order valence-electron chi connectivity index (χ4n) is 6.19. The molecule has 0 aliphatic carbocycles. The van der Waals surface area contributed by atoms with Crippen molar-refractivity contribution in [1.82, 2.24) is 25.3 Å². The van der Waals surface area contributed by atoms with E-state index >= 15 is 0 Å². The van der Waals surface area contributed by atoms with E-state index in [1.54, 1.807) is 23.8 Å². The molecule has 2 rings (SSSR count). The van der Waals surface area contributed by atoms with Crippen molar-refractivity contribution < 1.29 is 19.2 Å². The van der Waals surface area contributed by atoms with Crippen LogP contribution < -0.4 is 10.6 Å². The first kappa shape index (κ1) is 35.8. The third-order valence-corrected chi connectivity index (χ3v) is 8.79. The van der Waals surface area contributed by atoms with E-state index in [1.165, 1.54) is 0 Å². The van der Waals surface area contributed by atoms with Gasteiger partial charge in [-0.3, -0.25) is 24.1 Å². The molecule has 0 aromatic carbocycles. The predicted octanol–water partition coefficient (Wildman–Crippen LogP) is 4.12. The minimum atomic E-state index is -0.716. The van der Waals surface area contributed by atoms with E-state index in [2.05, 4.69) is 36.3 Å². The number of carbonyl (C=O) groups excluding carboxylic acids is 4. The second kappa shape index (κ2) is 15.9. The molecule has 240 valence electrons. The van der Waals surface area contributed by atoms with Crippen molar-refractivity contribution in [2.45, 2.75) is 137 Å². The molecule has 0 aromatic rings. The summed E-state index contributed by atoms with van der Waals surface area (Å²) in [6, 6.07) is -1.52. The minimum Gasteiger partial charge on any atom is -0.354 e. The van der Waals surface area contributed by atoms with Crippen molar-refractivity contribution in [1.29, 1.82) is 0 Å².